The second-order valence-corrected chi connectivity index (χ2v) is 14.7. The molecule has 12 heteroatoms. The lowest BCUT2D eigenvalue weighted by atomic mass is 9.75. The van der Waals surface area contributed by atoms with Gasteiger partial charge in [-0.1, -0.05) is 25.1 Å². The summed E-state index contributed by atoms with van der Waals surface area (Å²) in [4.78, 5) is 32.4. The molecule has 2 atom stereocenters. The van der Waals surface area contributed by atoms with Gasteiger partial charge in [0.05, 0.1) is 10.9 Å². The zero-order valence-electron chi connectivity index (χ0n) is 29.8. The van der Waals surface area contributed by atoms with Crippen LogP contribution in [0.1, 0.15) is 57.4 Å². The third kappa shape index (κ3) is 6.06. The number of nitrogens with zero attached hydrogens (tertiary/aromatic N) is 6. The Kier molecular flexibility index (Phi) is 9.19. The number of rotatable bonds is 11. The number of likely N-dealkylation sites (N-methyl/N-ethyl adjacent to an activating group) is 1. The number of benzene rings is 2. The lowest BCUT2D eigenvalue weighted by Gasteiger charge is -2.47. The lowest BCUT2D eigenvalue weighted by Crippen LogP contribution is -2.54. The van der Waals surface area contributed by atoms with Crippen molar-refractivity contribution in [1.82, 2.24) is 29.7 Å². The summed E-state index contributed by atoms with van der Waals surface area (Å²) in [6.07, 6.45) is 9.05. The zero-order valence-corrected chi connectivity index (χ0v) is 29.8. The van der Waals surface area contributed by atoms with Gasteiger partial charge in [0.1, 0.15) is 36.0 Å². The molecule has 1 aliphatic carbocycles. The van der Waals surface area contributed by atoms with Crippen LogP contribution in [0.15, 0.2) is 36.5 Å². The van der Waals surface area contributed by atoms with Crippen LogP contribution in [0.25, 0.3) is 32.9 Å². The molecule has 266 valence electrons. The predicted molar refractivity (Wildman–Crippen MR) is 192 cm³/mol. The molecule has 2 N–H and O–H groups in total. The SMILES string of the molecule is CCc1cccc2cc(O)cc(-c3ncc4c(NCC5(N(C)C)CCC5)nc(OCC56CCCN5[C@@H](COC(=O)N(C)C)CC6)nc4c3F)c12. The molecular weight excluding hydrogens is 637 g/mol. The summed E-state index contributed by atoms with van der Waals surface area (Å²) < 4.78 is 28.9. The monoisotopic (exact) mass is 685 g/mol. The first-order chi connectivity index (χ1) is 24.0. The number of nitrogens with one attached hydrogen (secondary N) is 1. The number of hydrogen-bond acceptors (Lipinski definition) is 10. The maximum atomic E-state index is 16.9. The highest BCUT2D eigenvalue weighted by molar-refractivity contribution is 6.01. The highest BCUT2D eigenvalue weighted by atomic mass is 19.1. The van der Waals surface area contributed by atoms with Crippen LogP contribution in [0.4, 0.5) is 15.0 Å². The molecule has 7 rings (SSSR count). The first-order valence-electron chi connectivity index (χ1n) is 17.8. The van der Waals surface area contributed by atoms with Crippen molar-refractivity contribution in [1.29, 1.82) is 0 Å². The maximum absolute atomic E-state index is 16.9. The number of anilines is 1. The first kappa shape index (κ1) is 34.2. The minimum Gasteiger partial charge on any atom is -0.508 e. The van der Waals surface area contributed by atoms with E-state index in [0.29, 0.717) is 36.5 Å². The maximum Gasteiger partial charge on any atom is 0.409 e. The van der Waals surface area contributed by atoms with E-state index in [0.717, 1.165) is 74.2 Å². The largest absolute Gasteiger partial charge is 0.508 e. The van der Waals surface area contributed by atoms with Crippen molar-refractivity contribution in [3.8, 4) is 23.0 Å². The van der Waals surface area contributed by atoms with Crippen molar-refractivity contribution < 1.29 is 23.8 Å². The molecule has 11 nitrogen and oxygen atoms in total. The highest BCUT2D eigenvalue weighted by Gasteiger charge is 2.50. The van der Waals surface area contributed by atoms with E-state index in [1.165, 1.54) is 4.90 Å². The summed E-state index contributed by atoms with van der Waals surface area (Å²) in [5, 5.41) is 16.3. The summed E-state index contributed by atoms with van der Waals surface area (Å²) in [6, 6.07) is 9.36. The molecule has 4 heterocycles. The molecule has 0 bridgehead atoms. The second-order valence-electron chi connectivity index (χ2n) is 14.7. The fourth-order valence-electron chi connectivity index (χ4n) is 8.29. The van der Waals surface area contributed by atoms with Gasteiger partial charge < -0.3 is 29.7 Å². The summed E-state index contributed by atoms with van der Waals surface area (Å²) in [5.41, 5.74) is 1.53. The molecular formula is C38H48FN7O4. The van der Waals surface area contributed by atoms with Crippen molar-refractivity contribution in [2.45, 2.75) is 75.4 Å². The Balaban J connectivity index is 1.25. The van der Waals surface area contributed by atoms with Crippen LogP contribution in [-0.4, -0.2) is 112 Å². The number of carbonyl (C=O) groups excluding carboxylic acids is 1. The van der Waals surface area contributed by atoms with Crippen molar-refractivity contribution in [2.24, 2.45) is 0 Å². The van der Waals surface area contributed by atoms with Gasteiger partial charge in [-0.3, -0.25) is 9.88 Å². The molecule has 4 aromatic rings. The Hall–Kier alpha value is -4.29. The van der Waals surface area contributed by atoms with Gasteiger partial charge in [-0.25, -0.2) is 9.18 Å². The average Bonchev–Trinajstić information content (AvgIpc) is 3.64. The Morgan fingerprint density at radius 2 is 1.94 bits per heavy atom. The second kappa shape index (κ2) is 13.4. The number of aryl methyl sites for hydroxylation is 1. The zero-order chi connectivity index (χ0) is 35.2. The van der Waals surface area contributed by atoms with E-state index in [4.69, 9.17) is 19.4 Å². The van der Waals surface area contributed by atoms with Crippen LogP contribution in [-0.2, 0) is 11.2 Å². The number of aromatic hydroxyl groups is 1. The van der Waals surface area contributed by atoms with Gasteiger partial charge in [0.2, 0.25) is 0 Å². The molecule has 2 aliphatic heterocycles. The Morgan fingerprint density at radius 3 is 2.66 bits per heavy atom. The number of amides is 1. The van der Waals surface area contributed by atoms with Crippen molar-refractivity contribution in [3.05, 3.63) is 47.9 Å². The van der Waals surface area contributed by atoms with Crippen LogP contribution in [0, 0.1) is 5.82 Å². The van der Waals surface area contributed by atoms with Gasteiger partial charge in [-0.2, -0.15) is 9.97 Å². The van der Waals surface area contributed by atoms with Gasteiger partial charge in [0.25, 0.3) is 0 Å². The van der Waals surface area contributed by atoms with Crippen LogP contribution in [0.5, 0.6) is 11.8 Å². The molecule has 3 fully saturated rings. The van der Waals surface area contributed by atoms with Crippen LogP contribution in [0.2, 0.25) is 0 Å². The minimum absolute atomic E-state index is 0.0144. The molecule has 1 saturated carbocycles. The fourth-order valence-corrected chi connectivity index (χ4v) is 8.29. The lowest BCUT2D eigenvalue weighted by molar-refractivity contribution is 0.0484. The van der Waals surface area contributed by atoms with E-state index >= 15 is 4.39 Å². The van der Waals surface area contributed by atoms with Crippen molar-refractivity contribution >= 4 is 33.6 Å². The van der Waals surface area contributed by atoms with Gasteiger partial charge >= 0.3 is 12.1 Å². The molecule has 2 aromatic carbocycles. The molecule has 0 radical (unpaired) electrons. The summed E-state index contributed by atoms with van der Waals surface area (Å²) in [6.45, 7) is 4.26. The number of hydrogen-bond donors (Lipinski definition) is 2. The minimum atomic E-state index is -0.592. The van der Waals surface area contributed by atoms with E-state index in [2.05, 4.69) is 41.1 Å². The fraction of sp³-hybridized carbons (Fsp3) is 0.526. The number of carbonyl (C=O) groups is 1. The Bertz CT molecular complexity index is 1920. The molecule has 3 aliphatic rings. The van der Waals surface area contributed by atoms with Gasteiger partial charge in [-0.15, -0.1) is 0 Å². The Morgan fingerprint density at radius 1 is 1.12 bits per heavy atom. The number of pyridine rings is 1. The van der Waals surface area contributed by atoms with E-state index in [9.17, 15) is 9.90 Å². The highest BCUT2D eigenvalue weighted by Crippen LogP contribution is 2.44. The number of fused-ring (bicyclic) bond motifs is 3. The molecule has 1 unspecified atom stereocenters. The van der Waals surface area contributed by atoms with Gasteiger partial charge in [0.15, 0.2) is 5.82 Å². The van der Waals surface area contributed by atoms with Gasteiger partial charge in [-0.05, 0) is 100 Å². The van der Waals surface area contributed by atoms with Crippen LogP contribution < -0.4 is 10.1 Å². The standard InChI is InChI=1S/C38H48FN7O4/c1-6-24-10-7-11-25-18-27(47)19-28(30(24)25)32-31(39)33-29(20-40-32)34(41-22-37(45(4)5)13-8-14-37)43-35(42-33)50-23-38-15-9-17-46(38)26(12-16-38)21-49-36(48)44(2)3/h7,10-11,18-20,26,47H,6,8-9,12-17,21-23H2,1-5H3,(H,41,42,43)/t26-,38?/m1/s1. The predicted octanol–water partition coefficient (Wildman–Crippen LogP) is 6.22. The molecule has 2 saturated heterocycles. The summed E-state index contributed by atoms with van der Waals surface area (Å²) in [7, 11) is 7.54. The number of halogens is 1. The molecule has 1 amide bonds. The average molecular weight is 686 g/mol. The summed E-state index contributed by atoms with van der Waals surface area (Å²) in [5.74, 6) is -0.0741. The number of phenols is 1. The summed E-state index contributed by atoms with van der Waals surface area (Å²) >= 11 is 0. The number of aromatic nitrogens is 3. The van der Waals surface area contributed by atoms with E-state index < -0.39 is 5.82 Å². The van der Waals surface area contributed by atoms with Crippen molar-refractivity contribution in [3.63, 3.8) is 0 Å². The molecule has 2 aromatic heterocycles. The Labute approximate surface area is 292 Å². The number of ether oxygens (including phenoxy) is 2. The normalized spacial score (nSPS) is 21.4. The third-order valence-corrected chi connectivity index (χ3v) is 11.4. The first-order valence-corrected chi connectivity index (χ1v) is 17.8. The van der Waals surface area contributed by atoms with Crippen LogP contribution in [0.3, 0.4) is 0 Å². The number of phenolic OH excluding ortho intramolecular Hbond substituents is 1. The van der Waals surface area contributed by atoms with Gasteiger partial charge in [0, 0.05) is 44.0 Å². The van der Waals surface area contributed by atoms with Crippen molar-refractivity contribution in [2.75, 3.05) is 59.8 Å². The third-order valence-electron chi connectivity index (χ3n) is 11.4. The molecule has 0 spiro atoms. The van der Waals surface area contributed by atoms with E-state index in [1.807, 2.05) is 18.2 Å². The topological polar surface area (TPSA) is 116 Å². The van der Waals surface area contributed by atoms with E-state index in [1.54, 1.807) is 32.4 Å². The molecule has 50 heavy (non-hydrogen) atoms. The van der Waals surface area contributed by atoms with Crippen LogP contribution >= 0.6 is 0 Å². The quantitative estimate of drug-likeness (QED) is 0.189. The smallest absolute Gasteiger partial charge is 0.409 e. The van der Waals surface area contributed by atoms with E-state index in [-0.39, 0.29) is 46.2 Å².